The Bertz CT molecular complexity index is 749. The lowest BCUT2D eigenvalue weighted by Gasteiger charge is -2.05. The molecule has 0 fully saturated rings. The van der Waals surface area contributed by atoms with Crippen molar-refractivity contribution in [2.75, 3.05) is 7.11 Å². The van der Waals surface area contributed by atoms with E-state index in [1.165, 1.54) is 6.21 Å². The van der Waals surface area contributed by atoms with E-state index in [0.717, 1.165) is 14.9 Å². The highest BCUT2D eigenvalue weighted by Crippen LogP contribution is 2.21. The molecule has 0 aliphatic rings. The Balaban J connectivity index is 2.01. The van der Waals surface area contributed by atoms with Gasteiger partial charge >= 0.3 is 0 Å². The number of carbonyl (C=O) groups is 1. The van der Waals surface area contributed by atoms with Crippen LogP contribution in [0.15, 0.2) is 47.6 Å². The summed E-state index contributed by atoms with van der Waals surface area (Å²) in [6, 6.07) is 14.1. The number of benzene rings is 2. The van der Waals surface area contributed by atoms with Crippen molar-refractivity contribution >= 4 is 34.7 Å². The monoisotopic (exact) mass is 405 g/mol. The highest BCUT2D eigenvalue weighted by atomic mass is 127. The van der Waals surface area contributed by atoms with Crippen molar-refractivity contribution in [1.29, 1.82) is 5.26 Å². The molecule has 0 radical (unpaired) electrons. The number of nitrogens with zero attached hydrogens (tertiary/aromatic N) is 2. The van der Waals surface area contributed by atoms with Crippen molar-refractivity contribution in [2.45, 2.75) is 0 Å². The number of hydrazone groups is 1. The van der Waals surface area contributed by atoms with Gasteiger partial charge in [-0.25, -0.2) is 5.43 Å². The second-order valence-electron chi connectivity index (χ2n) is 4.28. The van der Waals surface area contributed by atoms with E-state index < -0.39 is 0 Å². The van der Waals surface area contributed by atoms with Gasteiger partial charge in [-0.2, -0.15) is 10.4 Å². The normalized spacial score (nSPS) is 10.2. The summed E-state index contributed by atoms with van der Waals surface area (Å²) >= 11 is 2.10. The minimum absolute atomic E-state index is 0.300. The Hall–Kier alpha value is -2.40. The molecule has 0 atom stereocenters. The number of rotatable bonds is 4. The van der Waals surface area contributed by atoms with Gasteiger partial charge in [-0.05, 0) is 58.5 Å². The molecule has 6 heteroatoms. The first kappa shape index (κ1) is 16.0. The fourth-order valence-corrected chi connectivity index (χ4v) is 2.42. The highest BCUT2D eigenvalue weighted by Gasteiger charge is 2.07. The van der Waals surface area contributed by atoms with E-state index in [9.17, 15) is 4.79 Å². The van der Waals surface area contributed by atoms with Crippen LogP contribution in [0.1, 0.15) is 21.5 Å². The lowest BCUT2D eigenvalue weighted by atomic mass is 10.2. The molecule has 0 spiro atoms. The van der Waals surface area contributed by atoms with E-state index in [0.29, 0.717) is 11.1 Å². The van der Waals surface area contributed by atoms with Gasteiger partial charge in [0.2, 0.25) is 0 Å². The Kier molecular flexibility index (Phi) is 5.49. The van der Waals surface area contributed by atoms with Gasteiger partial charge in [-0.15, -0.1) is 0 Å². The Labute approximate surface area is 141 Å². The molecule has 0 saturated carbocycles. The summed E-state index contributed by atoms with van der Waals surface area (Å²) in [5.74, 6) is 0.420. The van der Waals surface area contributed by atoms with E-state index in [-0.39, 0.29) is 5.91 Å². The van der Waals surface area contributed by atoms with Crippen molar-refractivity contribution in [2.24, 2.45) is 5.10 Å². The van der Waals surface area contributed by atoms with Crippen LogP contribution in [0.25, 0.3) is 0 Å². The smallest absolute Gasteiger partial charge is 0.271 e. The van der Waals surface area contributed by atoms with Crippen molar-refractivity contribution < 1.29 is 9.53 Å². The van der Waals surface area contributed by atoms with Gasteiger partial charge in [-0.3, -0.25) is 4.79 Å². The molecule has 2 aromatic rings. The fourth-order valence-electron chi connectivity index (χ4n) is 1.68. The molecule has 0 aromatic heterocycles. The van der Waals surface area contributed by atoms with Crippen LogP contribution in [0.2, 0.25) is 0 Å². The standard InChI is InChI=1S/C16H12IN3O2/c1-22-15-7-6-13(8-14(15)17)16(21)20-19-10-12-4-2-11(9-18)3-5-12/h2-8,10H,1H3,(H,20,21)/b19-10+. The number of hydrogen-bond acceptors (Lipinski definition) is 4. The van der Waals surface area contributed by atoms with E-state index in [1.807, 2.05) is 6.07 Å². The van der Waals surface area contributed by atoms with Crippen LogP contribution in [-0.2, 0) is 0 Å². The molecule has 22 heavy (non-hydrogen) atoms. The third kappa shape index (κ3) is 4.05. The van der Waals surface area contributed by atoms with Crippen molar-refractivity contribution in [1.82, 2.24) is 5.43 Å². The van der Waals surface area contributed by atoms with Gasteiger partial charge in [0, 0.05) is 5.56 Å². The molecule has 1 amide bonds. The van der Waals surface area contributed by atoms with Crippen LogP contribution in [0.4, 0.5) is 0 Å². The number of nitriles is 1. The van der Waals surface area contributed by atoms with Gasteiger partial charge in [0.25, 0.3) is 5.91 Å². The van der Waals surface area contributed by atoms with Crippen LogP contribution in [0.3, 0.4) is 0 Å². The Morgan fingerprint density at radius 1 is 1.32 bits per heavy atom. The van der Waals surface area contributed by atoms with Crippen molar-refractivity contribution in [3.63, 3.8) is 0 Å². The van der Waals surface area contributed by atoms with Crippen LogP contribution in [0.5, 0.6) is 5.75 Å². The van der Waals surface area contributed by atoms with Crippen LogP contribution in [-0.4, -0.2) is 19.2 Å². The molecule has 0 bridgehead atoms. The first-order valence-corrected chi connectivity index (χ1v) is 7.39. The summed E-state index contributed by atoms with van der Waals surface area (Å²) in [7, 11) is 1.58. The predicted octanol–water partition coefficient (Wildman–Crippen LogP) is 2.94. The summed E-state index contributed by atoms with van der Waals surface area (Å²) in [6.07, 6.45) is 1.52. The zero-order chi connectivity index (χ0) is 15.9. The van der Waals surface area contributed by atoms with E-state index in [2.05, 4.69) is 33.1 Å². The van der Waals surface area contributed by atoms with E-state index in [1.54, 1.807) is 49.6 Å². The van der Waals surface area contributed by atoms with Crippen molar-refractivity contribution in [3.05, 3.63) is 62.7 Å². The van der Waals surface area contributed by atoms with Gasteiger partial charge in [0.15, 0.2) is 0 Å². The maximum Gasteiger partial charge on any atom is 0.271 e. The number of amides is 1. The summed E-state index contributed by atoms with van der Waals surface area (Å²) < 4.78 is 6.00. The zero-order valence-corrected chi connectivity index (χ0v) is 13.9. The lowest BCUT2D eigenvalue weighted by Crippen LogP contribution is -2.17. The summed E-state index contributed by atoms with van der Waals surface area (Å²) in [4.78, 5) is 12.0. The molecule has 5 nitrogen and oxygen atoms in total. The van der Waals surface area contributed by atoms with Crippen LogP contribution >= 0.6 is 22.6 Å². The molecule has 2 rings (SSSR count). The van der Waals surface area contributed by atoms with Crippen LogP contribution in [0, 0.1) is 14.9 Å². The summed E-state index contributed by atoms with van der Waals surface area (Å²) in [5, 5.41) is 12.6. The average Bonchev–Trinajstić information content (AvgIpc) is 2.55. The number of methoxy groups -OCH3 is 1. The first-order chi connectivity index (χ1) is 10.6. The molecule has 110 valence electrons. The third-order valence-electron chi connectivity index (χ3n) is 2.83. The van der Waals surface area contributed by atoms with E-state index in [4.69, 9.17) is 10.00 Å². The molecule has 0 heterocycles. The second-order valence-corrected chi connectivity index (χ2v) is 5.44. The SMILES string of the molecule is COc1ccc(C(=O)N/N=C/c2ccc(C#N)cc2)cc1I. The lowest BCUT2D eigenvalue weighted by molar-refractivity contribution is 0.0955. The summed E-state index contributed by atoms with van der Waals surface area (Å²) in [5.41, 5.74) is 4.34. The minimum atomic E-state index is -0.300. The van der Waals surface area contributed by atoms with E-state index >= 15 is 0 Å². The maximum absolute atomic E-state index is 12.0. The van der Waals surface area contributed by atoms with Gasteiger partial charge < -0.3 is 4.74 Å². The number of halogens is 1. The molecule has 0 aliphatic heterocycles. The molecule has 0 unspecified atom stereocenters. The quantitative estimate of drug-likeness (QED) is 0.483. The molecule has 1 N–H and O–H groups in total. The minimum Gasteiger partial charge on any atom is -0.496 e. The predicted molar refractivity (Wildman–Crippen MR) is 91.9 cm³/mol. The van der Waals surface area contributed by atoms with Gasteiger partial charge in [-0.1, -0.05) is 12.1 Å². The Morgan fingerprint density at radius 3 is 2.64 bits per heavy atom. The number of hydrogen-bond donors (Lipinski definition) is 1. The Morgan fingerprint density at radius 2 is 2.05 bits per heavy atom. The number of ether oxygens (including phenoxy) is 1. The fraction of sp³-hybridized carbons (Fsp3) is 0.0625. The van der Waals surface area contributed by atoms with Gasteiger partial charge in [0.05, 0.1) is 28.5 Å². The topological polar surface area (TPSA) is 74.5 Å². The first-order valence-electron chi connectivity index (χ1n) is 6.31. The van der Waals surface area contributed by atoms with Crippen molar-refractivity contribution in [3.8, 4) is 11.8 Å². The number of nitrogens with one attached hydrogen (secondary N) is 1. The third-order valence-corrected chi connectivity index (χ3v) is 3.68. The molecular formula is C16H12IN3O2. The molecule has 0 aliphatic carbocycles. The summed E-state index contributed by atoms with van der Waals surface area (Å²) in [6.45, 7) is 0. The highest BCUT2D eigenvalue weighted by molar-refractivity contribution is 14.1. The van der Waals surface area contributed by atoms with Crippen LogP contribution < -0.4 is 10.2 Å². The molecular weight excluding hydrogens is 393 g/mol. The second kappa shape index (κ2) is 7.56. The number of carbonyl (C=O) groups excluding carboxylic acids is 1. The zero-order valence-electron chi connectivity index (χ0n) is 11.7. The average molecular weight is 405 g/mol. The molecule has 0 saturated heterocycles. The molecule has 2 aromatic carbocycles. The van der Waals surface area contributed by atoms with Gasteiger partial charge in [0.1, 0.15) is 5.75 Å². The maximum atomic E-state index is 12.0. The largest absolute Gasteiger partial charge is 0.496 e.